The van der Waals surface area contributed by atoms with E-state index in [4.69, 9.17) is 6.57 Å². The van der Waals surface area contributed by atoms with Crippen molar-refractivity contribution >= 4 is 0 Å². The van der Waals surface area contributed by atoms with E-state index < -0.39 is 11.6 Å². The zero-order chi connectivity index (χ0) is 11.6. The monoisotopic (exact) mass is 228 g/mol. The normalized spacial score (nSPS) is 29.6. The lowest BCUT2D eigenvalue weighted by Gasteiger charge is -2.40. The summed E-state index contributed by atoms with van der Waals surface area (Å²) in [7, 11) is 0. The van der Waals surface area contributed by atoms with Crippen molar-refractivity contribution < 1.29 is 8.78 Å². The summed E-state index contributed by atoms with van der Waals surface area (Å²) in [5.41, 5.74) is -0.450. The van der Waals surface area contributed by atoms with Crippen molar-refractivity contribution in [1.82, 2.24) is 4.90 Å². The highest BCUT2D eigenvalue weighted by Gasteiger charge is 2.48. The zero-order valence-electron chi connectivity index (χ0n) is 9.51. The molecule has 2 fully saturated rings. The minimum Gasteiger partial charge on any atom is -0.293 e. The maximum absolute atomic E-state index is 13.1. The van der Waals surface area contributed by atoms with E-state index >= 15 is 0 Å². The second-order valence-corrected chi connectivity index (χ2v) is 5.00. The van der Waals surface area contributed by atoms with Gasteiger partial charge in [-0.2, -0.15) is 0 Å². The predicted molar refractivity (Wildman–Crippen MR) is 58.2 cm³/mol. The molecule has 0 N–H and O–H groups in total. The molecule has 0 aromatic rings. The van der Waals surface area contributed by atoms with Gasteiger partial charge in [-0.05, 0) is 12.8 Å². The fourth-order valence-corrected chi connectivity index (χ4v) is 2.87. The number of rotatable bonds is 1. The van der Waals surface area contributed by atoms with Gasteiger partial charge in [0, 0.05) is 38.8 Å². The Morgan fingerprint density at radius 2 is 1.50 bits per heavy atom. The third kappa shape index (κ3) is 2.20. The fourth-order valence-electron chi connectivity index (χ4n) is 2.87. The molecule has 0 spiro atoms. The van der Waals surface area contributed by atoms with Gasteiger partial charge in [-0.25, -0.2) is 20.3 Å². The van der Waals surface area contributed by atoms with Crippen LogP contribution in [0.5, 0.6) is 0 Å². The maximum atomic E-state index is 13.1. The molecule has 2 aliphatic rings. The van der Waals surface area contributed by atoms with Crippen LogP contribution < -0.4 is 0 Å². The predicted octanol–water partition coefficient (Wildman–Crippen LogP) is 3.30. The van der Waals surface area contributed by atoms with Crippen LogP contribution in [-0.4, -0.2) is 29.6 Å². The second-order valence-electron chi connectivity index (χ2n) is 5.00. The summed E-state index contributed by atoms with van der Waals surface area (Å²) in [6, 6.07) is 0. The van der Waals surface area contributed by atoms with E-state index in [0.717, 1.165) is 25.7 Å². The molecule has 2 rings (SSSR count). The molecular weight excluding hydrogens is 210 g/mol. The maximum Gasteiger partial charge on any atom is 0.288 e. The van der Waals surface area contributed by atoms with E-state index in [-0.39, 0.29) is 12.8 Å². The SMILES string of the molecule is [C-]#[N+]C1(N2CCC(F)(F)CC2)CCCCC1. The number of alkyl halides is 2. The number of hydrogen-bond donors (Lipinski definition) is 0. The van der Waals surface area contributed by atoms with Crippen LogP contribution in [0.25, 0.3) is 4.85 Å². The molecule has 0 atom stereocenters. The Kier molecular flexibility index (Phi) is 3.16. The van der Waals surface area contributed by atoms with E-state index in [1.165, 1.54) is 6.42 Å². The first-order valence-electron chi connectivity index (χ1n) is 6.10. The smallest absolute Gasteiger partial charge is 0.288 e. The standard InChI is InChI=1S/C12H18F2N2/c1-15-12(5-3-2-4-6-12)16-9-7-11(13,14)8-10-16/h2-10H2. The van der Waals surface area contributed by atoms with Crippen LogP contribution in [0.3, 0.4) is 0 Å². The molecule has 1 saturated carbocycles. The summed E-state index contributed by atoms with van der Waals surface area (Å²) in [5.74, 6) is -2.51. The number of halogens is 2. The first kappa shape index (κ1) is 11.8. The van der Waals surface area contributed by atoms with E-state index in [1.54, 1.807) is 0 Å². The Morgan fingerprint density at radius 1 is 0.938 bits per heavy atom. The minimum absolute atomic E-state index is 0.0791. The Bertz CT molecular complexity index is 280. The minimum atomic E-state index is -2.51. The highest BCUT2D eigenvalue weighted by atomic mass is 19.3. The summed E-state index contributed by atoms with van der Waals surface area (Å²) in [4.78, 5) is 5.79. The van der Waals surface area contributed by atoms with Gasteiger partial charge in [0.2, 0.25) is 0 Å². The molecule has 0 amide bonds. The Hall–Kier alpha value is -0.690. The van der Waals surface area contributed by atoms with Gasteiger partial charge in [0.25, 0.3) is 11.6 Å². The lowest BCUT2D eigenvalue weighted by atomic mass is 9.86. The lowest BCUT2D eigenvalue weighted by Crippen LogP contribution is -2.52. The lowest BCUT2D eigenvalue weighted by molar-refractivity contribution is -0.0769. The molecule has 0 unspecified atom stereocenters. The molecule has 1 aliphatic carbocycles. The summed E-state index contributed by atoms with van der Waals surface area (Å²) < 4.78 is 26.1. The first-order chi connectivity index (χ1) is 7.58. The van der Waals surface area contributed by atoms with Gasteiger partial charge in [0.15, 0.2) is 0 Å². The second kappa shape index (κ2) is 4.29. The van der Waals surface area contributed by atoms with Gasteiger partial charge in [-0.15, -0.1) is 0 Å². The highest BCUT2D eigenvalue weighted by molar-refractivity contribution is 5.01. The van der Waals surface area contributed by atoms with E-state index in [2.05, 4.69) is 4.85 Å². The van der Waals surface area contributed by atoms with E-state index in [9.17, 15) is 8.78 Å². The van der Waals surface area contributed by atoms with Crippen LogP contribution in [0.2, 0.25) is 0 Å². The van der Waals surface area contributed by atoms with Crippen LogP contribution in [0.15, 0.2) is 0 Å². The largest absolute Gasteiger partial charge is 0.293 e. The Balaban J connectivity index is 2.03. The molecule has 0 bridgehead atoms. The summed E-state index contributed by atoms with van der Waals surface area (Å²) in [6.45, 7) is 8.14. The first-order valence-corrected chi connectivity index (χ1v) is 6.10. The number of likely N-dealkylation sites (tertiary alicyclic amines) is 1. The van der Waals surface area contributed by atoms with Crippen molar-refractivity contribution in [2.45, 2.75) is 56.5 Å². The third-order valence-corrected chi connectivity index (χ3v) is 3.95. The van der Waals surface area contributed by atoms with Crippen LogP contribution in [0, 0.1) is 6.57 Å². The van der Waals surface area contributed by atoms with Crippen LogP contribution in [0.4, 0.5) is 8.78 Å². The Labute approximate surface area is 95.4 Å². The quantitative estimate of drug-likeness (QED) is 0.625. The van der Waals surface area contributed by atoms with Crippen molar-refractivity contribution in [3.05, 3.63) is 11.4 Å². The molecule has 2 nitrogen and oxygen atoms in total. The van der Waals surface area contributed by atoms with Crippen molar-refractivity contribution in [1.29, 1.82) is 0 Å². The van der Waals surface area contributed by atoms with E-state index in [1.807, 2.05) is 4.90 Å². The molecule has 90 valence electrons. The molecule has 1 saturated heterocycles. The van der Waals surface area contributed by atoms with Crippen LogP contribution >= 0.6 is 0 Å². The van der Waals surface area contributed by atoms with Gasteiger partial charge in [0.1, 0.15) is 0 Å². The Morgan fingerprint density at radius 3 is 2.00 bits per heavy atom. The summed E-state index contributed by atoms with van der Waals surface area (Å²) in [5, 5.41) is 0. The fraction of sp³-hybridized carbons (Fsp3) is 0.917. The average molecular weight is 228 g/mol. The molecule has 0 radical (unpaired) electrons. The van der Waals surface area contributed by atoms with Gasteiger partial charge < -0.3 is 0 Å². The molecule has 1 aliphatic heterocycles. The average Bonchev–Trinajstić information content (AvgIpc) is 2.30. The van der Waals surface area contributed by atoms with Crippen LogP contribution in [0.1, 0.15) is 44.9 Å². The molecule has 0 aromatic heterocycles. The summed E-state index contributed by atoms with van der Waals surface area (Å²) >= 11 is 0. The summed E-state index contributed by atoms with van der Waals surface area (Å²) in [6.07, 6.45) is 4.88. The van der Waals surface area contributed by atoms with E-state index in [0.29, 0.717) is 13.1 Å². The molecule has 4 heteroatoms. The van der Waals surface area contributed by atoms with Crippen molar-refractivity contribution in [3.8, 4) is 0 Å². The molecule has 16 heavy (non-hydrogen) atoms. The third-order valence-electron chi connectivity index (χ3n) is 3.95. The number of nitrogens with zero attached hydrogens (tertiary/aromatic N) is 2. The van der Waals surface area contributed by atoms with Gasteiger partial charge in [-0.1, -0.05) is 6.42 Å². The highest BCUT2D eigenvalue weighted by Crippen LogP contribution is 2.39. The molecule has 1 heterocycles. The van der Waals surface area contributed by atoms with Crippen molar-refractivity contribution in [3.63, 3.8) is 0 Å². The van der Waals surface area contributed by atoms with Crippen molar-refractivity contribution in [2.75, 3.05) is 13.1 Å². The number of piperidine rings is 1. The van der Waals surface area contributed by atoms with Gasteiger partial charge >= 0.3 is 0 Å². The molecular formula is C12H18F2N2. The van der Waals surface area contributed by atoms with Crippen LogP contribution in [-0.2, 0) is 0 Å². The van der Waals surface area contributed by atoms with Gasteiger partial charge in [0.05, 0.1) is 0 Å². The van der Waals surface area contributed by atoms with Crippen molar-refractivity contribution in [2.24, 2.45) is 0 Å². The van der Waals surface area contributed by atoms with Gasteiger partial charge in [-0.3, -0.25) is 4.85 Å². The molecule has 0 aromatic carbocycles. The zero-order valence-corrected chi connectivity index (χ0v) is 9.51. The topological polar surface area (TPSA) is 7.60 Å². The number of hydrogen-bond acceptors (Lipinski definition) is 1.